The van der Waals surface area contributed by atoms with E-state index in [1.807, 2.05) is 0 Å². The summed E-state index contributed by atoms with van der Waals surface area (Å²) in [6.07, 6.45) is 2.76. The first-order valence-electron chi connectivity index (χ1n) is 10.1. The Kier molecular flexibility index (Phi) is 6.13. The zero-order valence-corrected chi connectivity index (χ0v) is 17.7. The van der Waals surface area contributed by atoms with Crippen LogP contribution in [0.3, 0.4) is 0 Å². The number of benzene rings is 3. The van der Waals surface area contributed by atoms with Crippen molar-refractivity contribution in [2.24, 2.45) is 0 Å². The number of methoxy groups -OCH3 is 1. The average Bonchev–Trinajstić information content (AvgIpc) is 2.85. The average molecular weight is 441 g/mol. The molecule has 7 heteroatoms. The van der Waals surface area contributed by atoms with Gasteiger partial charge in [0.15, 0.2) is 18.2 Å². The van der Waals surface area contributed by atoms with E-state index in [-0.39, 0.29) is 22.7 Å². The SMILES string of the molecule is COc1cccc(/C=C/C(=O)OCC(=O)Nc2ccc3c(c2)C(=O)c2ccccc2C3=O)c1. The maximum Gasteiger partial charge on any atom is 0.331 e. The molecule has 0 fully saturated rings. The lowest BCUT2D eigenvalue weighted by Gasteiger charge is -2.18. The Morgan fingerprint density at radius 3 is 2.27 bits per heavy atom. The number of hydrogen-bond donors (Lipinski definition) is 1. The summed E-state index contributed by atoms with van der Waals surface area (Å²) in [7, 11) is 1.55. The van der Waals surface area contributed by atoms with Crippen LogP contribution in [-0.4, -0.2) is 37.2 Å². The Labute approximate surface area is 189 Å². The Balaban J connectivity index is 1.37. The highest BCUT2D eigenvalue weighted by molar-refractivity contribution is 6.28. The highest BCUT2D eigenvalue weighted by Crippen LogP contribution is 2.29. The lowest BCUT2D eigenvalue weighted by atomic mass is 9.84. The molecule has 0 saturated carbocycles. The van der Waals surface area contributed by atoms with Crippen molar-refractivity contribution in [3.05, 3.63) is 101 Å². The van der Waals surface area contributed by atoms with Crippen molar-refractivity contribution in [1.29, 1.82) is 0 Å². The number of rotatable bonds is 6. The third-order valence-electron chi connectivity index (χ3n) is 5.06. The Morgan fingerprint density at radius 1 is 0.848 bits per heavy atom. The van der Waals surface area contributed by atoms with E-state index < -0.39 is 18.5 Å². The van der Waals surface area contributed by atoms with Gasteiger partial charge in [-0.25, -0.2) is 4.79 Å². The standard InChI is InChI=1S/C26H19NO6/c1-32-18-6-4-5-16(13-18)9-12-24(29)33-15-23(28)27-17-10-11-21-22(14-17)26(31)20-8-3-2-7-19(20)25(21)30/h2-14H,15H2,1H3,(H,27,28)/b12-9+. The number of ketones is 2. The van der Waals surface area contributed by atoms with Crippen LogP contribution in [0.25, 0.3) is 6.08 Å². The van der Waals surface area contributed by atoms with Crippen molar-refractivity contribution in [2.75, 3.05) is 19.0 Å². The predicted molar refractivity (Wildman–Crippen MR) is 121 cm³/mol. The fourth-order valence-corrected chi connectivity index (χ4v) is 3.47. The number of carbonyl (C=O) groups excluding carboxylic acids is 4. The summed E-state index contributed by atoms with van der Waals surface area (Å²) in [5, 5.41) is 2.58. The van der Waals surface area contributed by atoms with Gasteiger partial charge in [0, 0.05) is 34.0 Å². The first kappa shape index (κ1) is 21.7. The van der Waals surface area contributed by atoms with Crippen molar-refractivity contribution in [3.8, 4) is 5.75 Å². The largest absolute Gasteiger partial charge is 0.497 e. The topological polar surface area (TPSA) is 98.8 Å². The van der Waals surface area contributed by atoms with Crippen LogP contribution in [0.1, 0.15) is 37.4 Å². The van der Waals surface area contributed by atoms with Crippen LogP contribution in [0, 0.1) is 0 Å². The number of anilines is 1. The summed E-state index contributed by atoms with van der Waals surface area (Å²) in [6, 6.07) is 18.2. The van der Waals surface area contributed by atoms with Crippen LogP contribution in [0.15, 0.2) is 72.8 Å². The molecule has 0 spiro atoms. The second-order valence-corrected chi connectivity index (χ2v) is 7.23. The molecular formula is C26H19NO6. The van der Waals surface area contributed by atoms with Crippen molar-refractivity contribution >= 4 is 35.2 Å². The normalized spacial score (nSPS) is 12.2. The first-order valence-corrected chi connectivity index (χ1v) is 10.1. The summed E-state index contributed by atoms with van der Waals surface area (Å²) in [5.41, 5.74) is 2.25. The Morgan fingerprint density at radius 2 is 1.55 bits per heavy atom. The third-order valence-corrected chi connectivity index (χ3v) is 5.06. The molecule has 3 aromatic carbocycles. The lowest BCUT2D eigenvalue weighted by Crippen LogP contribution is -2.23. The van der Waals surface area contributed by atoms with E-state index in [1.165, 1.54) is 24.3 Å². The predicted octanol–water partition coefficient (Wildman–Crippen LogP) is 3.67. The summed E-state index contributed by atoms with van der Waals surface area (Å²) in [4.78, 5) is 49.6. The lowest BCUT2D eigenvalue weighted by molar-refractivity contribution is -0.142. The van der Waals surface area contributed by atoms with Crippen molar-refractivity contribution in [2.45, 2.75) is 0 Å². The van der Waals surface area contributed by atoms with E-state index in [0.29, 0.717) is 22.6 Å². The van der Waals surface area contributed by atoms with Crippen LogP contribution < -0.4 is 10.1 Å². The Bertz CT molecular complexity index is 1310. The molecular weight excluding hydrogens is 422 g/mol. The number of fused-ring (bicyclic) bond motifs is 2. The van der Waals surface area contributed by atoms with Crippen molar-refractivity contribution in [1.82, 2.24) is 0 Å². The minimum absolute atomic E-state index is 0.217. The van der Waals surface area contributed by atoms with Gasteiger partial charge >= 0.3 is 5.97 Å². The molecule has 1 N–H and O–H groups in total. The quantitative estimate of drug-likeness (QED) is 0.362. The van der Waals surface area contributed by atoms with Gasteiger partial charge in [-0.2, -0.15) is 0 Å². The van der Waals surface area contributed by atoms with Crippen LogP contribution >= 0.6 is 0 Å². The van der Waals surface area contributed by atoms with Crippen LogP contribution in [0.5, 0.6) is 5.75 Å². The van der Waals surface area contributed by atoms with Gasteiger partial charge in [-0.05, 0) is 42.0 Å². The number of amides is 1. The van der Waals surface area contributed by atoms with E-state index in [0.717, 1.165) is 5.56 Å². The number of hydrogen-bond acceptors (Lipinski definition) is 6. The molecule has 3 aromatic rings. The molecule has 1 amide bonds. The van der Waals surface area contributed by atoms with Gasteiger partial charge in [0.2, 0.25) is 0 Å². The number of ether oxygens (including phenoxy) is 2. The van der Waals surface area contributed by atoms with E-state index in [4.69, 9.17) is 9.47 Å². The maximum absolute atomic E-state index is 12.8. The smallest absolute Gasteiger partial charge is 0.331 e. The summed E-state index contributed by atoms with van der Waals surface area (Å²) < 4.78 is 10.1. The molecule has 7 nitrogen and oxygen atoms in total. The molecule has 0 heterocycles. The molecule has 0 saturated heterocycles. The molecule has 33 heavy (non-hydrogen) atoms. The zero-order chi connectivity index (χ0) is 23.4. The molecule has 4 rings (SSSR count). The Hall–Kier alpha value is -4.52. The van der Waals surface area contributed by atoms with Gasteiger partial charge in [-0.3, -0.25) is 14.4 Å². The molecule has 0 unspecified atom stereocenters. The van der Waals surface area contributed by atoms with Crippen molar-refractivity contribution in [3.63, 3.8) is 0 Å². The summed E-state index contributed by atoms with van der Waals surface area (Å²) in [5.74, 6) is -1.14. The van der Waals surface area contributed by atoms with Gasteiger partial charge in [-0.15, -0.1) is 0 Å². The second kappa shape index (κ2) is 9.32. The molecule has 0 radical (unpaired) electrons. The molecule has 0 atom stereocenters. The van der Waals surface area contributed by atoms with Gasteiger partial charge in [-0.1, -0.05) is 36.4 Å². The van der Waals surface area contributed by atoms with E-state index in [9.17, 15) is 19.2 Å². The second-order valence-electron chi connectivity index (χ2n) is 7.23. The number of esters is 1. The molecule has 0 aromatic heterocycles. The third kappa shape index (κ3) is 4.72. The summed E-state index contributed by atoms with van der Waals surface area (Å²) in [6.45, 7) is -0.506. The molecule has 164 valence electrons. The van der Waals surface area contributed by atoms with Gasteiger partial charge < -0.3 is 14.8 Å². The highest BCUT2D eigenvalue weighted by Gasteiger charge is 2.29. The van der Waals surface area contributed by atoms with Gasteiger partial charge in [0.05, 0.1) is 7.11 Å². The summed E-state index contributed by atoms with van der Waals surface area (Å²) >= 11 is 0. The van der Waals surface area contributed by atoms with Crippen LogP contribution in [-0.2, 0) is 14.3 Å². The van der Waals surface area contributed by atoms with E-state index >= 15 is 0 Å². The zero-order valence-electron chi connectivity index (χ0n) is 17.7. The molecule has 0 aliphatic heterocycles. The highest BCUT2D eigenvalue weighted by atomic mass is 16.5. The monoisotopic (exact) mass is 441 g/mol. The van der Waals surface area contributed by atoms with Gasteiger partial charge in [0.1, 0.15) is 5.75 Å². The minimum atomic E-state index is -0.684. The first-order chi connectivity index (χ1) is 16.0. The minimum Gasteiger partial charge on any atom is -0.497 e. The van der Waals surface area contributed by atoms with E-state index in [2.05, 4.69) is 5.32 Å². The molecule has 0 bridgehead atoms. The fraction of sp³-hybridized carbons (Fsp3) is 0.0769. The number of carbonyl (C=O) groups is 4. The van der Waals surface area contributed by atoms with Crippen LogP contribution in [0.2, 0.25) is 0 Å². The van der Waals surface area contributed by atoms with Gasteiger partial charge in [0.25, 0.3) is 5.91 Å². The number of nitrogens with one attached hydrogen (secondary N) is 1. The molecule has 1 aliphatic carbocycles. The van der Waals surface area contributed by atoms with E-state index in [1.54, 1.807) is 61.7 Å². The maximum atomic E-state index is 12.8. The fourth-order valence-electron chi connectivity index (χ4n) is 3.47. The van der Waals surface area contributed by atoms with Crippen LogP contribution in [0.4, 0.5) is 5.69 Å². The molecule has 1 aliphatic rings. The van der Waals surface area contributed by atoms with Crippen molar-refractivity contribution < 1.29 is 28.7 Å².